The molecule has 0 atom stereocenters. The van der Waals surface area contributed by atoms with Gasteiger partial charge in [0.05, 0.1) is 33.5 Å². The van der Waals surface area contributed by atoms with E-state index < -0.39 is 5.97 Å². The van der Waals surface area contributed by atoms with Gasteiger partial charge in [0.1, 0.15) is 0 Å². The average Bonchev–Trinajstić information content (AvgIpc) is 2.91. The minimum absolute atomic E-state index is 0.355. The third-order valence-electron chi connectivity index (χ3n) is 5.81. The molecule has 0 radical (unpaired) electrons. The number of hydrogen-bond acceptors (Lipinski definition) is 6. The summed E-state index contributed by atoms with van der Waals surface area (Å²) < 4.78 is 21.5. The van der Waals surface area contributed by atoms with Crippen LogP contribution in [-0.4, -0.2) is 51.9 Å². The van der Waals surface area contributed by atoms with Crippen LogP contribution in [0.5, 0.6) is 17.2 Å². The number of methoxy groups -OCH3 is 3. The van der Waals surface area contributed by atoms with E-state index >= 15 is 0 Å². The minimum Gasteiger partial charge on any atom is -0.493 e. The lowest BCUT2D eigenvalue weighted by molar-refractivity contribution is 0.0494. The molecule has 0 amide bonds. The first-order valence-corrected chi connectivity index (χ1v) is 11.9. The molecular weight excluding hydrogens is 442 g/mol. The highest BCUT2D eigenvalue weighted by Gasteiger charge is 2.18. The van der Waals surface area contributed by atoms with Crippen LogP contribution in [0.3, 0.4) is 0 Å². The van der Waals surface area contributed by atoms with E-state index in [4.69, 9.17) is 18.9 Å². The third kappa shape index (κ3) is 8.04. The van der Waals surface area contributed by atoms with Crippen molar-refractivity contribution in [3.05, 3.63) is 89.5 Å². The predicted octanol–water partition coefficient (Wildman–Crippen LogP) is 5.39. The Morgan fingerprint density at radius 3 is 1.91 bits per heavy atom. The van der Waals surface area contributed by atoms with Crippen LogP contribution in [0.15, 0.2) is 72.8 Å². The fourth-order valence-corrected chi connectivity index (χ4v) is 3.93. The van der Waals surface area contributed by atoms with Crippen molar-refractivity contribution in [1.29, 1.82) is 0 Å². The van der Waals surface area contributed by atoms with E-state index in [1.165, 1.54) is 32.5 Å². The van der Waals surface area contributed by atoms with E-state index in [9.17, 15) is 4.79 Å². The number of rotatable bonds is 14. The average molecular weight is 478 g/mol. The van der Waals surface area contributed by atoms with Gasteiger partial charge < -0.3 is 18.9 Å². The number of carbonyl (C=O) groups excluding carboxylic acids is 1. The molecule has 0 aromatic heterocycles. The fourth-order valence-electron chi connectivity index (χ4n) is 3.93. The maximum absolute atomic E-state index is 12.6. The first-order valence-electron chi connectivity index (χ1n) is 11.9. The first kappa shape index (κ1) is 26.1. The number of hydrogen-bond donors (Lipinski definition) is 0. The number of benzene rings is 3. The molecule has 0 saturated carbocycles. The van der Waals surface area contributed by atoms with Gasteiger partial charge in [0, 0.05) is 13.1 Å². The second-order valence-electron chi connectivity index (χ2n) is 8.25. The van der Waals surface area contributed by atoms with Crippen molar-refractivity contribution in [3.8, 4) is 17.2 Å². The summed E-state index contributed by atoms with van der Waals surface area (Å²) >= 11 is 0. The van der Waals surface area contributed by atoms with Crippen molar-refractivity contribution < 1.29 is 23.7 Å². The standard InChI is InChI=1S/C29H35NO5/c1-32-26-20-25(21-27(33-2)28(26)34-3)29(31)35-19-11-10-17-30(22-24-14-8-5-9-15-24)18-16-23-12-6-4-7-13-23/h4-9,12-15,20-21H,10-11,16-19,22H2,1-3H3. The van der Waals surface area contributed by atoms with Gasteiger partial charge in [0.2, 0.25) is 5.75 Å². The predicted molar refractivity (Wildman–Crippen MR) is 137 cm³/mol. The fraction of sp³-hybridized carbons (Fsp3) is 0.345. The molecule has 0 bridgehead atoms. The summed E-state index contributed by atoms with van der Waals surface area (Å²) in [5, 5.41) is 0. The Labute approximate surface area is 208 Å². The van der Waals surface area contributed by atoms with Gasteiger partial charge in [-0.2, -0.15) is 0 Å². The third-order valence-corrected chi connectivity index (χ3v) is 5.81. The Kier molecular flexibility index (Phi) is 10.5. The zero-order valence-electron chi connectivity index (χ0n) is 20.9. The Hall–Kier alpha value is -3.51. The normalized spacial score (nSPS) is 10.7. The van der Waals surface area contributed by atoms with Crippen molar-refractivity contribution >= 4 is 5.97 Å². The molecule has 0 heterocycles. The zero-order valence-corrected chi connectivity index (χ0v) is 20.9. The van der Waals surface area contributed by atoms with Crippen molar-refractivity contribution in [2.45, 2.75) is 25.8 Å². The molecule has 0 saturated heterocycles. The van der Waals surface area contributed by atoms with Crippen molar-refractivity contribution in [1.82, 2.24) is 4.90 Å². The van der Waals surface area contributed by atoms with E-state index in [0.717, 1.165) is 38.9 Å². The highest BCUT2D eigenvalue weighted by atomic mass is 16.5. The zero-order chi connectivity index (χ0) is 24.9. The van der Waals surface area contributed by atoms with Gasteiger partial charge >= 0.3 is 5.97 Å². The molecule has 35 heavy (non-hydrogen) atoms. The van der Waals surface area contributed by atoms with Crippen LogP contribution in [0.2, 0.25) is 0 Å². The molecule has 0 aliphatic carbocycles. The van der Waals surface area contributed by atoms with E-state index in [0.29, 0.717) is 29.4 Å². The van der Waals surface area contributed by atoms with Crippen molar-refractivity contribution in [3.63, 3.8) is 0 Å². The van der Waals surface area contributed by atoms with Gasteiger partial charge in [-0.15, -0.1) is 0 Å². The Morgan fingerprint density at radius 1 is 0.743 bits per heavy atom. The number of ether oxygens (including phenoxy) is 4. The van der Waals surface area contributed by atoms with Gasteiger partial charge in [-0.3, -0.25) is 4.90 Å². The first-order chi connectivity index (χ1) is 17.1. The lowest BCUT2D eigenvalue weighted by Gasteiger charge is -2.22. The summed E-state index contributed by atoms with van der Waals surface area (Å²) in [4.78, 5) is 15.1. The molecule has 3 rings (SSSR count). The van der Waals surface area contributed by atoms with Gasteiger partial charge in [0.25, 0.3) is 0 Å². The molecular formula is C29H35NO5. The van der Waals surface area contributed by atoms with Crippen LogP contribution in [0, 0.1) is 0 Å². The largest absolute Gasteiger partial charge is 0.493 e. The molecule has 0 spiro atoms. The molecule has 0 N–H and O–H groups in total. The van der Waals surface area contributed by atoms with Crippen molar-refractivity contribution in [2.24, 2.45) is 0 Å². The number of unbranched alkanes of at least 4 members (excludes halogenated alkanes) is 1. The number of carbonyl (C=O) groups is 1. The molecule has 0 aliphatic rings. The van der Waals surface area contributed by atoms with Crippen LogP contribution in [0.1, 0.15) is 34.3 Å². The molecule has 0 unspecified atom stereocenters. The van der Waals surface area contributed by atoms with Gasteiger partial charge in [0.15, 0.2) is 11.5 Å². The highest BCUT2D eigenvalue weighted by molar-refractivity contribution is 5.91. The van der Waals surface area contributed by atoms with E-state index in [1.54, 1.807) is 12.1 Å². The molecule has 6 nitrogen and oxygen atoms in total. The topological polar surface area (TPSA) is 57.2 Å². The molecule has 186 valence electrons. The van der Waals surface area contributed by atoms with Gasteiger partial charge in [-0.25, -0.2) is 4.79 Å². The Bertz CT molecular complexity index is 1010. The lowest BCUT2D eigenvalue weighted by atomic mass is 10.1. The maximum Gasteiger partial charge on any atom is 0.338 e. The molecule has 6 heteroatoms. The summed E-state index contributed by atoms with van der Waals surface area (Å²) in [5.74, 6) is 0.887. The van der Waals surface area contributed by atoms with E-state index in [2.05, 4.69) is 53.4 Å². The van der Waals surface area contributed by atoms with Crippen molar-refractivity contribution in [2.75, 3.05) is 41.0 Å². The smallest absolute Gasteiger partial charge is 0.338 e. The quantitative estimate of drug-likeness (QED) is 0.229. The van der Waals surface area contributed by atoms with E-state index in [1.807, 2.05) is 12.1 Å². The van der Waals surface area contributed by atoms with Gasteiger partial charge in [-0.05, 0) is 49.1 Å². The summed E-state index contributed by atoms with van der Waals surface area (Å²) in [6.45, 7) is 3.17. The SMILES string of the molecule is COc1cc(C(=O)OCCCCN(CCc2ccccc2)Cc2ccccc2)cc(OC)c1OC. The second-order valence-corrected chi connectivity index (χ2v) is 8.25. The molecule has 0 fully saturated rings. The molecule has 3 aromatic carbocycles. The van der Waals surface area contributed by atoms with Crippen LogP contribution in [0.25, 0.3) is 0 Å². The summed E-state index contributed by atoms with van der Waals surface area (Å²) in [6.07, 6.45) is 2.72. The Balaban J connectivity index is 1.50. The maximum atomic E-state index is 12.6. The van der Waals surface area contributed by atoms with Crippen LogP contribution >= 0.6 is 0 Å². The summed E-state index contributed by atoms with van der Waals surface area (Å²) in [7, 11) is 4.57. The number of esters is 1. The van der Waals surface area contributed by atoms with Crippen LogP contribution in [0.4, 0.5) is 0 Å². The number of nitrogens with zero attached hydrogens (tertiary/aromatic N) is 1. The minimum atomic E-state index is -0.408. The molecule has 0 aliphatic heterocycles. The highest BCUT2D eigenvalue weighted by Crippen LogP contribution is 2.38. The van der Waals surface area contributed by atoms with Gasteiger partial charge in [-0.1, -0.05) is 60.7 Å². The second kappa shape index (κ2) is 14.0. The van der Waals surface area contributed by atoms with Crippen LogP contribution in [-0.2, 0) is 17.7 Å². The lowest BCUT2D eigenvalue weighted by Crippen LogP contribution is -2.27. The van der Waals surface area contributed by atoms with Crippen LogP contribution < -0.4 is 14.2 Å². The van der Waals surface area contributed by atoms with E-state index in [-0.39, 0.29) is 0 Å². The monoisotopic (exact) mass is 477 g/mol. The summed E-state index contributed by atoms with van der Waals surface area (Å²) in [6, 6.07) is 24.3. The molecule has 3 aromatic rings. The Morgan fingerprint density at radius 2 is 1.34 bits per heavy atom. The summed E-state index contributed by atoms with van der Waals surface area (Å²) in [5.41, 5.74) is 3.01.